The summed E-state index contributed by atoms with van der Waals surface area (Å²) in [5, 5.41) is 15.4. The summed E-state index contributed by atoms with van der Waals surface area (Å²) < 4.78 is 40.9. The molecule has 0 unspecified atom stereocenters. The van der Waals surface area contributed by atoms with Crippen LogP contribution in [0.5, 0.6) is 5.75 Å². The maximum Gasteiger partial charge on any atom is 0.573 e. The van der Waals surface area contributed by atoms with E-state index in [1.54, 1.807) is 12.1 Å². The lowest BCUT2D eigenvalue weighted by atomic mass is 10.1. The Morgan fingerprint density at radius 1 is 0.941 bits per heavy atom. The van der Waals surface area contributed by atoms with E-state index in [2.05, 4.69) is 25.6 Å². The molecule has 0 fully saturated rings. The van der Waals surface area contributed by atoms with Crippen LogP contribution in [0.1, 0.15) is 10.4 Å². The van der Waals surface area contributed by atoms with E-state index in [0.717, 1.165) is 46.0 Å². The zero-order valence-electron chi connectivity index (χ0n) is 17.1. The van der Waals surface area contributed by atoms with E-state index in [-0.39, 0.29) is 23.3 Å². The van der Waals surface area contributed by atoms with Crippen LogP contribution in [0.2, 0.25) is 0 Å². The van der Waals surface area contributed by atoms with Crippen LogP contribution in [-0.2, 0) is 4.79 Å². The summed E-state index contributed by atoms with van der Waals surface area (Å²) in [6, 6.07) is 17.9. The maximum atomic E-state index is 12.5. The van der Waals surface area contributed by atoms with Crippen molar-refractivity contribution in [3.63, 3.8) is 0 Å². The first kappa shape index (κ1) is 23.5. The molecule has 0 radical (unpaired) electrons. The molecule has 4 aromatic rings. The molecule has 0 bridgehead atoms. The Morgan fingerprint density at radius 3 is 2.41 bits per heavy atom. The Morgan fingerprint density at radius 2 is 1.68 bits per heavy atom. The third-order valence-corrected chi connectivity index (χ3v) is 6.31. The van der Waals surface area contributed by atoms with Crippen molar-refractivity contribution in [2.75, 3.05) is 16.4 Å². The van der Waals surface area contributed by atoms with Gasteiger partial charge < -0.3 is 10.1 Å². The summed E-state index contributed by atoms with van der Waals surface area (Å²) >= 11 is 2.23. The van der Waals surface area contributed by atoms with Crippen LogP contribution in [0.25, 0.3) is 10.8 Å². The van der Waals surface area contributed by atoms with E-state index in [4.69, 9.17) is 0 Å². The molecule has 3 aromatic carbocycles. The fourth-order valence-electron chi connectivity index (χ4n) is 2.88. The summed E-state index contributed by atoms with van der Waals surface area (Å²) in [4.78, 5) is 24.6. The number of benzene rings is 3. The molecule has 0 aliphatic rings. The van der Waals surface area contributed by atoms with E-state index >= 15 is 0 Å². The number of aromatic nitrogens is 2. The molecule has 0 aliphatic heterocycles. The fraction of sp³-hybridized carbons (Fsp3) is 0.0909. The normalized spacial score (nSPS) is 11.3. The molecule has 2 N–H and O–H groups in total. The van der Waals surface area contributed by atoms with Crippen molar-refractivity contribution >= 4 is 56.5 Å². The zero-order chi connectivity index (χ0) is 24.1. The van der Waals surface area contributed by atoms with Crippen LogP contribution in [0.3, 0.4) is 0 Å². The van der Waals surface area contributed by atoms with E-state index in [1.807, 2.05) is 30.3 Å². The average Bonchev–Trinajstić information content (AvgIpc) is 3.25. The number of ether oxygens (including phenoxy) is 1. The number of carbonyl (C=O) groups excluding carboxylic acids is 2. The fourth-order valence-corrected chi connectivity index (χ4v) is 4.43. The summed E-state index contributed by atoms with van der Waals surface area (Å²) in [6.45, 7) is 0. The Hall–Kier alpha value is -3.64. The van der Waals surface area contributed by atoms with Gasteiger partial charge in [-0.1, -0.05) is 53.4 Å². The highest BCUT2D eigenvalue weighted by molar-refractivity contribution is 8.01. The summed E-state index contributed by atoms with van der Waals surface area (Å²) in [6.07, 6.45) is -4.78. The number of carbonyl (C=O) groups is 2. The largest absolute Gasteiger partial charge is 0.573 e. The number of nitrogens with zero attached hydrogens (tertiary/aromatic N) is 2. The van der Waals surface area contributed by atoms with Gasteiger partial charge in [-0.3, -0.25) is 14.9 Å². The molecular weight excluding hydrogens is 489 g/mol. The van der Waals surface area contributed by atoms with Crippen LogP contribution in [0.4, 0.5) is 24.0 Å². The Balaban J connectivity index is 1.28. The number of fused-ring (bicyclic) bond motifs is 1. The first-order valence-corrected chi connectivity index (χ1v) is 11.5. The third-order valence-electron chi connectivity index (χ3n) is 4.34. The van der Waals surface area contributed by atoms with Gasteiger partial charge in [0.15, 0.2) is 4.34 Å². The van der Waals surface area contributed by atoms with Gasteiger partial charge in [-0.25, -0.2) is 0 Å². The lowest BCUT2D eigenvalue weighted by Crippen LogP contribution is -2.17. The lowest BCUT2D eigenvalue weighted by Gasteiger charge is -2.09. The van der Waals surface area contributed by atoms with Gasteiger partial charge in [0.1, 0.15) is 5.75 Å². The lowest BCUT2D eigenvalue weighted by molar-refractivity contribution is -0.274. The van der Waals surface area contributed by atoms with Crippen LogP contribution in [-0.4, -0.2) is 34.1 Å². The minimum Gasteiger partial charge on any atom is -0.406 e. The van der Waals surface area contributed by atoms with Gasteiger partial charge in [-0.2, -0.15) is 0 Å². The van der Waals surface area contributed by atoms with Gasteiger partial charge in [0, 0.05) is 11.3 Å². The quantitative estimate of drug-likeness (QED) is 0.252. The standard InChI is InChI=1S/C22H15F3N4O3S2/c23-22(24,25)32-17-9-7-16(8-10-17)26-18(30)12-33-21-29-28-20(34-21)27-19(31)15-6-5-13-3-1-2-4-14(13)11-15/h1-11H,12H2,(H,26,30)(H,27,28,31). The van der Waals surface area contributed by atoms with E-state index in [0.29, 0.717) is 20.7 Å². The summed E-state index contributed by atoms with van der Waals surface area (Å²) in [7, 11) is 0. The van der Waals surface area contributed by atoms with E-state index < -0.39 is 6.36 Å². The molecule has 4 rings (SSSR count). The predicted octanol–water partition coefficient (Wildman–Crippen LogP) is 5.57. The van der Waals surface area contributed by atoms with E-state index in [9.17, 15) is 22.8 Å². The van der Waals surface area contributed by atoms with Gasteiger partial charge in [-0.05, 0) is 47.2 Å². The number of nitrogens with one attached hydrogen (secondary N) is 2. The van der Waals surface area contributed by atoms with Crippen molar-refractivity contribution in [2.45, 2.75) is 10.7 Å². The zero-order valence-corrected chi connectivity index (χ0v) is 18.8. The molecule has 12 heteroatoms. The van der Waals surface area contributed by atoms with Crippen LogP contribution in [0, 0.1) is 0 Å². The highest BCUT2D eigenvalue weighted by atomic mass is 32.2. The first-order valence-electron chi connectivity index (χ1n) is 9.67. The molecule has 0 saturated carbocycles. The number of rotatable bonds is 7. The molecular formula is C22H15F3N4O3S2. The van der Waals surface area contributed by atoms with Gasteiger partial charge in [0.25, 0.3) is 5.91 Å². The Bertz CT molecular complexity index is 1330. The van der Waals surface area contributed by atoms with E-state index in [1.165, 1.54) is 12.1 Å². The average molecular weight is 505 g/mol. The number of anilines is 2. The van der Waals surface area contributed by atoms with Gasteiger partial charge >= 0.3 is 6.36 Å². The molecule has 0 atom stereocenters. The summed E-state index contributed by atoms with van der Waals surface area (Å²) in [5.74, 6) is -1.10. The molecule has 174 valence electrons. The second kappa shape index (κ2) is 10.1. The molecule has 1 heterocycles. The van der Waals surface area contributed by atoms with Gasteiger partial charge in [0.2, 0.25) is 11.0 Å². The smallest absolute Gasteiger partial charge is 0.406 e. The van der Waals surface area contributed by atoms with Crippen molar-refractivity contribution in [1.82, 2.24) is 10.2 Å². The van der Waals surface area contributed by atoms with Crippen LogP contribution >= 0.6 is 23.1 Å². The predicted molar refractivity (Wildman–Crippen MR) is 124 cm³/mol. The first-order chi connectivity index (χ1) is 16.2. The molecule has 1 aromatic heterocycles. The number of hydrogen-bond acceptors (Lipinski definition) is 7. The third kappa shape index (κ3) is 6.45. The van der Waals surface area contributed by atoms with Crippen molar-refractivity contribution in [3.8, 4) is 5.75 Å². The number of hydrogen-bond donors (Lipinski definition) is 2. The maximum absolute atomic E-state index is 12.5. The minimum atomic E-state index is -4.78. The number of halogens is 3. The van der Waals surface area contributed by atoms with Crippen molar-refractivity contribution in [2.24, 2.45) is 0 Å². The second-order valence-electron chi connectivity index (χ2n) is 6.80. The molecule has 0 spiro atoms. The highest BCUT2D eigenvalue weighted by Crippen LogP contribution is 2.27. The Labute approximate surface area is 199 Å². The van der Waals surface area contributed by atoms with Crippen molar-refractivity contribution in [3.05, 3.63) is 72.3 Å². The highest BCUT2D eigenvalue weighted by Gasteiger charge is 2.31. The number of thioether (sulfide) groups is 1. The monoisotopic (exact) mass is 504 g/mol. The molecule has 7 nitrogen and oxygen atoms in total. The molecule has 34 heavy (non-hydrogen) atoms. The SMILES string of the molecule is O=C(CSc1nnc(NC(=O)c2ccc3ccccc3c2)s1)Nc1ccc(OC(F)(F)F)cc1. The number of amides is 2. The topological polar surface area (TPSA) is 93.2 Å². The van der Waals surface area contributed by atoms with Crippen LogP contribution < -0.4 is 15.4 Å². The number of alkyl halides is 3. The van der Waals surface area contributed by atoms with Crippen molar-refractivity contribution in [1.29, 1.82) is 0 Å². The van der Waals surface area contributed by atoms with Gasteiger partial charge in [0.05, 0.1) is 5.75 Å². The Kier molecular flexibility index (Phi) is 6.98. The molecule has 0 saturated heterocycles. The minimum absolute atomic E-state index is 0.00590. The summed E-state index contributed by atoms with van der Waals surface area (Å²) in [5.41, 5.74) is 0.801. The van der Waals surface area contributed by atoms with Gasteiger partial charge in [-0.15, -0.1) is 23.4 Å². The molecule has 0 aliphatic carbocycles. The second-order valence-corrected chi connectivity index (χ2v) is 9.00. The van der Waals surface area contributed by atoms with Crippen LogP contribution in [0.15, 0.2) is 71.1 Å². The molecule has 2 amide bonds. The van der Waals surface area contributed by atoms with Crippen molar-refractivity contribution < 1.29 is 27.5 Å².